The van der Waals surface area contributed by atoms with E-state index in [0.717, 1.165) is 16.1 Å². The van der Waals surface area contributed by atoms with Gasteiger partial charge in [0.05, 0.1) is 10.6 Å². The first-order chi connectivity index (χ1) is 11.8. The lowest BCUT2D eigenvalue weighted by molar-refractivity contribution is -0.645. The minimum absolute atomic E-state index is 0.0643. The molecule has 0 bridgehead atoms. The highest BCUT2D eigenvalue weighted by Crippen LogP contribution is 2.18. The minimum atomic E-state index is -3.58. The van der Waals surface area contributed by atoms with E-state index < -0.39 is 10.0 Å². The maximum Gasteiger partial charge on any atom is 0.251 e. The van der Waals surface area contributed by atoms with Crippen molar-refractivity contribution in [3.05, 3.63) is 59.4 Å². The number of rotatable bonds is 7. The topological polar surface area (TPSA) is 93.4 Å². The second-order valence-corrected chi connectivity index (χ2v) is 8.44. The Morgan fingerprint density at radius 3 is 2.56 bits per heavy atom. The maximum absolute atomic E-state index is 12.3. The van der Waals surface area contributed by atoms with Gasteiger partial charge in [-0.2, -0.15) is 4.73 Å². The van der Waals surface area contributed by atoms with Crippen LogP contribution < -0.4 is 10.0 Å². The molecule has 0 atom stereocenters. The molecule has 1 N–H and O–H groups in total. The number of hydrogen-bond donors (Lipinski definition) is 1. The van der Waals surface area contributed by atoms with Gasteiger partial charge in [-0.25, -0.2) is 12.7 Å². The van der Waals surface area contributed by atoms with E-state index >= 15 is 0 Å². The van der Waals surface area contributed by atoms with Crippen LogP contribution in [0.2, 0.25) is 0 Å². The Bertz CT molecular complexity index is 854. The third-order valence-corrected chi connectivity index (χ3v) is 6.28. The summed E-state index contributed by atoms with van der Waals surface area (Å²) in [6.45, 7) is 0.0921. The first kappa shape index (κ1) is 19.2. The van der Waals surface area contributed by atoms with E-state index in [-0.39, 0.29) is 23.1 Å². The lowest BCUT2D eigenvalue weighted by Gasteiger charge is -2.15. The molecule has 1 amide bonds. The van der Waals surface area contributed by atoms with Crippen LogP contribution in [-0.2, 0) is 21.4 Å². The van der Waals surface area contributed by atoms with E-state index in [1.807, 2.05) is 0 Å². The van der Waals surface area contributed by atoms with Crippen molar-refractivity contribution in [2.75, 3.05) is 19.8 Å². The van der Waals surface area contributed by atoms with Crippen molar-refractivity contribution in [3.8, 4) is 0 Å². The monoisotopic (exact) mass is 381 g/mol. The van der Waals surface area contributed by atoms with Crippen molar-refractivity contribution >= 4 is 27.7 Å². The Hall–Kier alpha value is -2.10. The van der Waals surface area contributed by atoms with Crippen LogP contribution in [0.5, 0.6) is 0 Å². The van der Waals surface area contributed by atoms with Crippen LogP contribution in [0.3, 0.4) is 0 Å². The van der Waals surface area contributed by atoms with Gasteiger partial charge in [-0.1, -0.05) is 18.2 Å². The molecule has 0 saturated carbocycles. The number of carbonyl (C=O) groups excluding carboxylic acids is 1. The van der Waals surface area contributed by atoms with Crippen LogP contribution in [0.15, 0.2) is 58.6 Å². The SMILES string of the molecule is CN(C)S(=O)(=O)c1ccccc1CNC(=O)CSc1cccc[n+]1[O-]. The van der Waals surface area contributed by atoms with Gasteiger partial charge >= 0.3 is 0 Å². The highest BCUT2D eigenvalue weighted by molar-refractivity contribution is 7.99. The number of thioether (sulfide) groups is 1. The van der Waals surface area contributed by atoms with Crippen molar-refractivity contribution in [1.82, 2.24) is 9.62 Å². The number of carbonyl (C=O) groups is 1. The number of hydrogen-bond acceptors (Lipinski definition) is 5. The molecule has 1 heterocycles. The summed E-state index contributed by atoms with van der Waals surface area (Å²) in [7, 11) is -0.669. The number of nitrogens with one attached hydrogen (secondary N) is 1. The van der Waals surface area contributed by atoms with Gasteiger partial charge in [-0.05, 0) is 29.5 Å². The molecule has 0 aliphatic carbocycles. The van der Waals surface area contributed by atoms with Crippen molar-refractivity contribution in [3.63, 3.8) is 0 Å². The third-order valence-electron chi connectivity index (χ3n) is 3.35. The largest absolute Gasteiger partial charge is 0.618 e. The molecule has 1 aromatic carbocycles. The van der Waals surface area contributed by atoms with Gasteiger partial charge < -0.3 is 10.5 Å². The summed E-state index contributed by atoms with van der Waals surface area (Å²) in [6.07, 6.45) is 1.36. The Morgan fingerprint density at radius 1 is 1.20 bits per heavy atom. The van der Waals surface area contributed by atoms with Crippen molar-refractivity contribution < 1.29 is 17.9 Å². The van der Waals surface area contributed by atoms with Crippen LogP contribution in [0, 0.1) is 5.21 Å². The number of aromatic nitrogens is 1. The Morgan fingerprint density at radius 2 is 1.88 bits per heavy atom. The number of sulfonamides is 1. The Balaban J connectivity index is 2.00. The van der Waals surface area contributed by atoms with E-state index in [4.69, 9.17) is 0 Å². The maximum atomic E-state index is 12.3. The van der Waals surface area contributed by atoms with Crippen molar-refractivity contribution in [2.24, 2.45) is 0 Å². The molecule has 0 spiro atoms. The van der Waals surface area contributed by atoms with Gasteiger partial charge in [0.2, 0.25) is 15.9 Å². The van der Waals surface area contributed by atoms with Crippen LogP contribution in [0.1, 0.15) is 5.56 Å². The average Bonchev–Trinajstić information content (AvgIpc) is 2.59. The highest BCUT2D eigenvalue weighted by atomic mass is 32.2. The molecule has 0 radical (unpaired) electrons. The van der Waals surface area contributed by atoms with E-state index in [1.165, 1.54) is 26.4 Å². The molecule has 0 aliphatic rings. The summed E-state index contributed by atoms with van der Waals surface area (Å²) >= 11 is 1.12. The second kappa shape index (κ2) is 8.32. The zero-order chi connectivity index (χ0) is 18.4. The van der Waals surface area contributed by atoms with E-state index in [1.54, 1.807) is 36.4 Å². The summed E-state index contributed by atoms with van der Waals surface area (Å²) < 4.78 is 26.5. The molecular formula is C16H19N3O4S2. The zero-order valence-corrected chi connectivity index (χ0v) is 15.5. The smallest absolute Gasteiger partial charge is 0.251 e. The fourth-order valence-electron chi connectivity index (χ4n) is 2.01. The molecule has 1 aromatic heterocycles. The molecule has 7 nitrogen and oxygen atoms in total. The van der Waals surface area contributed by atoms with Gasteiger partial charge in [0.15, 0.2) is 6.20 Å². The molecule has 134 valence electrons. The fourth-order valence-corrected chi connectivity index (χ4v) is 3.87. The Kier molecular flexibility index (Phi) is 6.40. The van der Waals surface area contributed by atoms with E-state index in [9.17, 15) is 18.4 Å². The van der Waals surface area contributed by atoms with E-state index in [0.29, 0.717) is 15.3 Å². The van der Waals surface area contributed by atoms with E-state index in [2.05, 4.69) is 5.32 Å². The van der Waals surface area contributed by atoms with Gasteiger partial charge in [-0.3, -0.25) is 4.79 Å². The normalized spacial score (nSPS) is 11.5. The van der Waals surface area contributed by atoms with Gasteiger partial charge in [0.25, 0.3) is 5.03 Å². The highest BCUT2D eigenvalue weighted by Gasteiger charge is 2.20. The quantitative estimate of drug-likeness (QED) is 0.438. The predicted molar refractivity (Wildman–Crippen MR) is 95.3 cm³/mol. The fraction of sp³-hybridized carbons (Fsp3) is 0.250. The number of benzene rings is 1. The number of amides is 1. The van der Waals surface area contributed by atoms with Crippen molar-refractivity contribution in [2.45, 2.75) is 16.5 Å². The molecule has 25 heavy (non-hydrogen) atoms. The summed E-state index contributed by atoms with van der Waals surface area (Å²) in [6, 6.07) is 11.5. The number of pyridine rings is 1. The molecule has 9 heteroatoms. The first-order valence-corrected chi connectivity index (χ1v) is 9.83. The summed E-state index contributed by atoms with van der Waals surface area (Å²) in [5.74, 6) is -0.222. The minimum Gasteiger partial charge on any atom is -0.618 e. The molecular weight excluding hydrogens is 362 g/mol. The Labute approximate surface area is 151 Å². The standard InChI is InChI=1S/C16H19N3O4S2/c1-18(2)25(22,23)14-8-4-3-7-13(14)11-17-15(20)12-24-16-9-5-6-10-19(16)21/h3-10H,11-12H2,1-2H3,(H,17,20). The molecule has 0 unspecified atom stereocenters. The van der Waals surface area contributed by atoms with Crippen molar-refractivity contribution in [1.29, 1.82) is 0 Å². The molecule has 0 saturated heterocycles. The van der Waals surface area contributed by atoms with Gasteiger partial charge in [0.1, 0.15) is 0 Å². The van der Waals surface area contributed by atoms with Gasteiger partial charge in [0, 0.05) is 32.8 Å². The third kappa shape index (κ3) is 4.94. The molecule has 2 aromatic rings. The zero-order valence-electron chi connectivity index (χ0n) is 13.9. The first-order valence-electron chi connectivity index (χ1n) is 7.40. The average molecular weight is 381 g/mol. The molecule has 0 fully saturated rings. The van der Waals surface area contributed by atoms with Gasteiger partial charge in [-0.15, -0.1) is 0 Å². The number of nitrogens with zero attached hydrogens (tertiary/aromatic N) is 2. The van der Waals surface area contributed by atoms with Crippen LogP contribution in [0.25, 0.3) is 0 Å². The van der Waals surface area contributed by atoms with Crippen LogP contribution >= 0.6 is 11.8 Å². The predicted octanol–water partition coefficient (Wildman–Crippen LogP) is 0.979. The lowest BCUT2D eigenvalue weighted by atomic mass is 10.2. The van der Waals surface area contributed by atoms with Crippen LogP contribution in [-0.4, -0.2) is 38.5 Å². The lowest BCUT2D eigenvalue weighted by Crippen LogP contribution is -2.30. The molecule has 2 rings (SSSR count). The summed E-state index contributed by atoms with van der Waals surface area (Å²) in [5, 5.41) is 14.6. The summed E-state index contributed by atoms with van der Waals surface area (Å²) in [5.41, 5.74) is 0.508. The molecule has 0 aliphatic heterocycles. The van der Waals surface area contributed by atoms with Crippen LogP contribution in [0.4, 0.5) is 0 Å². The summed E-state index contributed by atoms with van der Waals surface area (Å²) in [4.78, 5) is 12.2. The second-order valence-electron chi connectivity index (χ2n) is 5.33.